The summed E-state index contributed by atoms with van der Waals surface area (Å²) < 4.78 is 1.25. The maximum Gasteiger partial charge on any atom is 0.0301 e. The summed E-state index contributed by atoms with van der Waals surface area (Å²) in [5.74, 6) is 0. The molecule has 1 fully saturated rings. The van der Waals surface area contributed by atoms with E-state index in [2.05, 4.69) is 92.5 Å². The molecule has 0 aromatic heterocycles. The van der Waals surface area contributed by atoms with Crippen molar-refractivity contribution in [3.63, 3.8) is 0 Å². The van der Waals surface area contributed by atoms with E-state index in [4.69, 9.17) is 0 Å². The van der Waals surface area contributed by atoms with Gasteiger partial charge in [-0.1, -0.05) is 76.6 Å². The summed E-state index contributed by atoms with van der Waals surface area (Å²) in [4.78, 5) is 5.06. The van der Waals surface area contributed by atoms with Crippen molar-refractivity contribution in [2.75, 3.05) is 32.7 Å². The van der Waals surface area contributed by atoms with Gasteiger partial charge in [0.2, 0.25) is 0 Å². The number of nitrogens with zero attached hydrogens (tertiary/aromatic N) is 2. The van der Waals surface area contributed by atoms with Crippen LogP contribution < -0.4 is 0 Å². The van der Waals surface area contributed by atoms with E-state index < -0.39 is 0 Å². The van der Waals surface area contributed by atoms with E-state index in [1.165, 1.54) is 15.6 Å². The van der Waals surface area contributed by atoms with Crippen LogP contribution in [0.1, 0.15) is 11.1 Å². The van der Waals surface area contributed by atoms with Crippen LogP contribution in [-0.2, 0) is 6.54 Å². The molecule has 3 rings (SSSR count). The zero-order chi connectivity index (χ0) is 15.9. The monoisotopic (exact) mass is 370 g/mol. The third-order valence-electron chi connectivity index (χ3n) is 4.21. The molecule has 0 saturated carbocycles. The smallest absolute Gasteiger partial charge is 0.0301 e. The first-order chi connectivity index (χ1) is 11.3. The summed E-state index contributed by atoms with van der Waals surface area (Å²) in [5.41, 5.74) is 2.66. The Bertz CT molecular complexity index is 617. The first kappa shape index (κ1) is 16.4. The molecule has 0 radical (unpaired) electrons. The van der Waals surface area contributed by atoms with Gasteiger partial charge in [-0.2, -0.15) is 0 Å². The van der Waals surface area contributed by atoms with Crippen molar-refractivity contribution in [2.45, 2.75) is 6.54 Å². The Balaban J connectivity index is 1.46. The van der Waals surface area contributed by atoms with E-state index in [1.54, 1.807) is 0 Å². The zero-order valence-corrected chi connectivity index (χ0v) is 15.0. The first-order valence-electron chi connectivity index (χ1n) is 8.19. The molecular formula is C20H23BrN2. The Labute approximate surface area is 147 Å². The SMILES string of the molecule is BrC(=Cc1ccccc1)CN1CCN(Cc2ccccc2)CC1. The number of hydrogen-bond acceptors (Lipinski definition) is 2. The Morgan fingerprint density at radius 1 is 0.826 bits per heavy atom. The van der Waals surface area contributed by atoms with Crippen LogP contribution in [0.25, 0.3) is 6.08 Å². The topological polar surface area (TPSA) is 6.48 Å². The average molecular weight is 371 g/mol. The lowest BCUT2D eigenvalue weighted by Crippen LogP contribution is -2.46. The molecule has 2 aromatic carbocycles. The number of halogens is 1. The molecular weight excluding hydrogens is 348 g/mol. The molecule has 1 aliphatic rings. The van der Waals surface area contributed by atoms with Gasteiger partial charge in [-0.3, -0.25) is 9.80 Å². The third kappa shape index (κ3) is 5.31. The molecule has 0 bridgehead atoms. The highest BCUT2D eigenvalue weighted by Crippen LogP contribution is 2.15. The quantitative estimate of drug-likeness (QED) is 0.776. The molecule has 1 saturated heterocycles. The third-order valence-corrected chi connectivity index (χ3v) is 4.69. The minimum absolute atomic E-state index is 0.994. The fourth-order valence-electron chi connectivity index (χ4n) is 2.94. The Morgan fingerprint density at radius 2 is 1.39 bits per heavy atom. The molecule has 3 heteroatoms. The van der Waals surface area contributed by atoms with Crippen molar-refractivity contribution >= 4 is 22.0 Å². The molecule has 0 atom stereocenters. The summed E-state index contributed by atoms with van der Waals surface area (Å²) >= 11 is 3.72. The predicted octanol–water partition coefficient (Wildman–Crippen LogP) is 4.24. The molecule has 0 N–H and O–H groups in total. The fourth-order valence-corrected chi connectivity index (χ4v) is 3.56. The number of hydrogen-bond donors (Lipinski definition) is 0. The lowest BCUT2D eigenvalue weighted by molar-refractivity contribution is 0.136. The maximum atomic E-state index is 3.72. The lowest BCUT2D eigenvalue weighted by atomic mass is 10.2. The standard InChI is InChI=1S/C20H23BrN2/c21-20(15-18-7-3-1-4-8-18)17-23-13-11-22(12-14-23)16-19-9-5-2-6-10-19/h1-10,15H,11-14,16-17H2. The molecule has 0 amide bonds. The number of benzene rings is 2. The van der Waals surface area contributed by atoms with Gasteiger partial charge in [0.15, 0.2) is 0 Å². The van der Waals surface area contributed by atoms with Crippen LogP contribution in [0.5, 0.6) is 0 Å². The molecule has 120 valence electrons. The van der Waals surface area contributed by atoms with Crippen LogP contribution in [0.2, 0.25) is 0 Å². The van der Waals surface area contributed by atoms with Crippen molar-refractivity contribution in [1.82, 2.24) is 9.80 Å². The second-order valence-corrected chi connectivity index (χ2v) is 7.06. The van der Waals surface area contributed by atoms with Gasteiger partial charge in [0.05, 0.1) is 0 Å². The summed E-state index contributed by atoms with van der Waals surface area (Å²) in [6.07, 6.45) is 2.22. The van der Waals surface area contributed by atoms with Crippen LogP contribution in [0.3, 0.4) is 0 Å². The highest BCUT2D eigenvalue weighted by Gasteiger charge is 2.17. The van der Waals surface area contributed by atoms with E-state index in [9.17, 15) is 0 Å². The second kappa shape index (κ2) is 8.44. The molecule has 1 heterocycles. The summed E-state index contributed by atoms with van der Waals surface area (Å²) in [6.45, 7) is 6.60. The molecule has 2 aromatic rings. The number of rotatable bonds is 5. The summed E-state index contributed by atoms with van der Waals surface area (Å²) in [6, 6.07) is 21.2. The van der Waals surface area contributed by atoms with Crippen molar-refractivity contribution in [3.05, 3.63) is 76.3 Å². The van der Waals surface area contributed by atoms with Gasteiger partial charge in [0.25, 0.3) is 0 Å². The highest BCUT2D eigenvalue weighted by atomic mass is 79.9. The zero-order valence-electron chi connectivity index (χ0n) is 13.4. The highest BCUT2D eigenvalue weighted by molar-refractivity contribution is 9.11. The van der Waals surface area contributed by atoms with Gasteiger partial charge >= 0.3 is 0 Å². The summed E-state index contributed by atoms with van der Waals surface area (Å²) in [7, 11) is 0. The Kier molecular flexibility index (Phi) is 6.03. The predicted molar refractivity (Wildman–Crippen MR) is 102 cm³/mol. The minimum Gasteiger partial charge on any atom is -0.297 e. The number of piperazine rings is 1. The fraction of sp³-hybridized carbons (Fsp3) is 0.300. The van der Waals surface area contributed by atoms with E-state index in [0.29, 0.717) is 0 Å². The largest absolute Gasteiger partial charge is 0.297 e. The van der Waals surface area contributed by atoms with E-state index >= 15 is 0 Å². The Morgan fingerprint density at radius 3 is 2.04 bits per heavy atom. The van der Waals surface area contributed by atoms with Gasteiger partial charge in [-0.05, 0) is 17.2 Å². The van der Waals surface area contributed by atoms with Crippen LogP contribution >= 0.6 is 15.9 Å². The van der Waals surface area contributed by atoms with Gasteiger partial charge in [0.1, 0.15) is 0 Å². The Hall–Kier alpha value is -1.42. The molecule has 23 heavy (non-hydrogen) atoms. The normalized spacial score (nSPS) is 17.3. The second-order valence-electron chi connectivity index (χ2n) is 6.04. The summed E-state index contributed by atoms with van der Waals surface area (Å²) in [5, 5.41) is 0. The van der Waals surface area contributed by atoms with Crippen LogP contribution in [-0.4, -0.2) is 42.5 Å². The van der Waals surface area contributed by atoms with Crippen molar-refractivity contribution in [1.29, 1.82) is 0 Å². The van der Waals surface area contributed by atoms with Crippen LogP contribution in [0.4, 0.5) is 0 Å². The van der Waals surface area contributed by atoms with E-state index in [0.717, 1.165) is 39.3 Å². The van der Waals surface area contributed by atoms with Gasteiger partial charge in [-0.25, -0.2) is 0 Å². The van der Waals surface area contributed by atoms with Crippen LogP contribution in [0, 0.1) is 0 Å². The lowest BCUT2D eigenvalue weighted by Gasteiger charge is -2.34. The van der Waals surface area contributed by atoms with Gasteiger partial charge < -0.3 is 0 Å². The molecule has 0 spiro atoms. The molecule has 1 aliphatic heterocycles. The van der Waals surface area contributed by atoms with Crippen molar-refractivity contribution < 1.29 is 0 Å². The van der Waals surface area contributed by atoms with Crippen LogP contribution in [0.15, 0.2) is 65.1 Å². The molecule has 2 nitrogen and oxygen atoms in total. The van der Waals surface area contributed by atoms with E-state index in [1.807, 2.05) is 0 Å². The van der Waals surface area contributed by atoms with Crippen molar-refractivity contribution in [3.8, 4) is 0 Å². The molecule has 0 unspecified atom stereocenters. The van der Waals surface area contributed by atoms with E-state index in [-0.39, 0.29) is 0 Å². The average Bonchev–Trinajstić information content (AvgIpc) is 2.58. The minimum atomic E-state index is 0.994. The maximum absolute atomic E-state index is 3.72. The van der Waals surface area contributed by atoms with Gasteiger partial charge in [-0.15, -0.1) is 0 Å². The first-order valence-corrected chi connectivity index (χ1v) is 8.99. The molecule has 0 aliphatic carbocycles. The van der Waals surface area contributed by atoms with Crippen molar-refractivity contribution in [2.24, 2.45) is 0 Å². The van der Waals surface area contributed by atoms with Gasteiger partial charge in [0, 0.05) is 43.8 Å².